The summed E-state index contributed by atoms with van der Waals surface area (Å²) in [7, 11) is 0. The fourth-order valence-corrected chi connectivity index (χ4v) is 2.87. The van der Waals surface area contributed by atoms with E-state index in [1.165, 1.54) is 30.5 Å². The summed E-state index contributed by atoms with van der Waals surface area (Å²) >= 11 is 12.5. The SMILES string of the molecule is O=[N+]([O-])c1ccc(N/N=C/c2cc(Cl)c(OCc3ccc(F)cc3)c(Cl)c2)nc1. The normalized spacial score (nSPS) is 10.9. The Hall–Kier alpha value is -3.23. The van der Waals surface area contributed by atoms with E-state index in [0.717, 1.165) is 11.8 Å². The molecule has 29 heavy (non-hydrogen) atoms. The molecule has 0 atom stereocenters. The van der Waals surface area contributed by atoms with Gasteiger partial charge in [0.2, 0.25) is 0 Å². The number of hydrogen-bond donors (Lipinski definition) is 1. The van der Waals surface area contributed by atoms with Crippen molar-refractivity contribution in [2.45, 2.75) is 6.61 Å². The van der Waals surface area contributed by atoms with Gasteiger partial charge in [-0.3, -0.25) is 15.5 Å². The maximum Gasteiger partial charge on any atom is 0.287 e. The van der Waals surface area contributed by atoms with Crippen LogP contribution in [-0.4, -0.2) is 16.1 Å². The molecule has 0 saturated heterocycles. The van der Waals surface area contributed by atoms with E-state index in [-0.39, 0.29) is 28.2 Å². The second-order valence-electron chi connectivity index (χ2n) is 5.76. The number of halogens is 3. The van der Waals surface area contributed by atoms with Crippen LogP contribution in [0.25, 0.3) is 0 Å². The van der Waals surface area contributed by atoms with Crippen molar-refractivity contribution >= 4 is 40.9 Å². The summed E-state index contributed by atoms with van der Waals surface area (Å²) < 4.78 is 18.6. The lowest BCUT2D eigenvalue weighted by Crippen LogP contribution is -1.98. The number of hydrogen-bond acceptors (Lipinski definition) is 6. The Kier molecular flexibility index (Phi) is 6.58. The van der Waals surface area contributed by atoms with E-state index in [1.807, 2.05) is 0 Å². The van der Waals surface area contributed by atoms with Crippen LogP contribution < -0.4 is 10.2 Å². The van der Waals surface area contributed by atoms with Crippen LogP contribution in [-0.2, 0) is 6.61 Å². The van der Waals surface area contributed by atoms with Crippen molar-refractivity contribution in [3.05, 3.63) is 91.8 Å². The number of nitro groups is 1. The van der Waals surface area contributed by atoms with Crippen LogP contribution >= 0.6 is 23.2 Å². The number of nitrogens with zero attached hydrogens (tertiary/aromatic N) is 3. The van der Waals surface area contributed by atoms with Crippen LogP contribution in [0.3, 0.4) is 0 Å². The molecule has 0 amide bonds. The zero-order valence-corrected chi connectivity index (χ0v) is 16.2. The predicted octanol–water partition coefficient (Wildman–Crippen LogP) is 5.46. The summed E-state index contributed by atoms with van der Waals surface area (Å²) in [5.74, 6) is 0.314. The van der Waals surface area contributed by atoms with E-state index < -0.39 is 4.92 Å². The third kappa shape index (κ3) is 5.63. The van der Waals surface area contributed by atoms with Gasteiger partial charge in [0, 0.05) is 6.07 Å². The summed E-state index contributed by atoms with van der Waals surface area (Å²) in [5, 5.41) is 15.2. The average molecular weight is 435 g/mol. The molecule has 0 spiro atoms. The molecular weight excluding hydrogens is 422 g/mol. The summed E-state index contributed by atoms with van der Waals surface area (Å²) in [6, 6.07) is 11.9. The molecule has 0 aliphatic heterocycles. The minimum Gasteiger partial charge on any atom is -0.486 e. The average Bonchev–Trinajstić information content (AvgIpc) is 2.69. The Morgan fingerprint density at radius 1 is 1.17 bits per heavy atom. The molecule has 0 saturated carbocycles. The second-order valence-corrected chi connectivity index (χ2v) is 6.57. The second kappa shape index (κ2) is 9.31. The Balaban J connectivity index is 1.64. The lowest BCUT2D eigenvalue weighted by Gasteiger charge is -2.11. The topological polar surface area (TPSA) is 89.7 Å². The minimum absolute atomic E-state index is 0.116. The summed E-state index contributed by atoms with van der Waals surface area (Å²) in [6.45, 7) is 0.181. The first-order valence-electron chi connectivity index (χ1n) is 8.18. The summed E-state index contributed by atoms with van der Waals surface area (Å²) in [4.78, 5) is 13.9. The molecule has 0 unspecified atom stereocenters. The Morgan fingerprint density at radius 2 is 1.86 bits per heavy atom. The molecule has 1 N–H and O–H groups in total. The van der Waals surface area contributed by atoms with E-state index in [1.54, 1.807) is 24.3 Å². The third-order valence-electron chi connectivity index (χ3n) is 3.67. The first kappa shape index (κ1) is 20.5. The van der Waals surface area contributed by atoms with Gasteiger partial charge in [-0.1, -0.05) is 35.3 Å². The predicted molar refractivity (Wildman–Crippen MR) is 109 cm³/mol. The smallest absolute Gasteiger partial charge is 0.287 e. The molecule has 0 fully saturated rings. The Labute approximate surface area is 174 Å². The number of aromatic nitrogens is 1. The first-order chi connectivity index (χ1) is 13.9. The fraction of sp³-hybridized carbons (Fsp3) is 0.0526. The molecule has 3 rings (SSSR count). The number of ether oxygens (including phenoxy) is 1. The molecule has 3 aromatic rings. The van der Waals surface area contributed by atoms with Crippen molar-refractivity contribution in [1.82, 2.24) is 4.98 Å². The van der Waals surface area contributed by atoms with Crippen LogP contribution in [0.15, 0.2) is 59.8 Å². The van der Waals surface area contributed by atoms with Gasteiger partial charge in [-0.2, -0.15) is 5.10 Å². The van der Waals surface area contributed by atoms with Crippen LogP contribution in [0.1, 0.15) is 11.1 Å². The number of nitrogens with one attached hydrogen (secondary N) is 1. The minimum atomic E-state index is -0.538. The fourth-order valence-electron chi connectivity index (χ4n) is 2.26. The van der Waals surface area contributed by atoms with Crippen LogP contribution in [0, 0.1) is 15.9 Å². The number of rotatable bonds is 7. The molecule has 0 aliphatic rings. The molecular formula is C19H13Cl2FN4O3. The highest BCUT2D eigenvalue weighted by Gasteiger charge is 2.10. The largest absolute Gasteiger partial charge is 0.486 e. The lowest BCUT2D eigenvalue weighted by atomic mass is 10.2. The number of benzene rings is 2. The molecule has 1 aromatic heterocycles. The highest BCUT2D eigenvalue weighted by molar-refractivity contribution is 6.37. The third-order valence-corrected chi connectivity index (χ3v) is 4.23. The van der Waals surface area contributed by atoms with Gasteiger partial charge in [0.15, 0.2) is 5.75 Å². The Bertz CT molecular complexity index is 1020. The van der Waals surface area contributed by atoms with Gasteiger partial charge in [0.25, 0.3) is 5.69 Å². The standard InChI is InChI=1S/C19H13Cl2FN4O3/c20-16-7-13(9-24-25-18-6-5-15(10-23-18)26(27)28)8-17(21)19(16)29-11-12-1-3-14(22)4-2-12/h1-10H,11H2,(H,23,25)/b24-9+. The van der Waals surface area contributed by atoms with Crippen LogP contribution in [0.4, 0.5) is 15.9 Å². The van der Waals surface area contributed by atoms with E-state index >= 15 is 0 Å². The number of pyridine rings is 1. The Morgan fingerprint density at radius 3 is 2.45 bits per heavy atom. The van der Waals surface area contributed by atoms with E-state index in [9.17, 15) is 14.5 Å². The van der Waals surface area contributed by atoms with Gasteiger partial charge in [0.05, 0.1) is 21.2 Å². The van der Waals surface area contributed by atoms with Crippen LogP contribution in [0.2, 0.25) is 10.0 Å². The van der Waals surface area contributed by atoms with Crippen LogP contribution in [0.5, 0.6) is 5.75 Å². The monoisotopic (exact) mass is 434 g/mol. The lowest BCUT2D eigenvalue weighted by molar-refractivity contribution is -0.385. The van der Waals surface area contributed by atoms with Gasteiger partial charge in [0.1, 0.15) is 24.4 Å². The van der Waals surface area contributed by atoms with Crippen molar-refractivity contribution in [2.75, 3.05) is 5.43 Å². The van der Waals surface area contributed by atoms with Gasteiger partial charge in [-0.05, 0) is 41.5 Å². The molecule has 10 heteroatoms. The van der Waals surface area contributed by atoms with Gasteiger partial charge >= 0.3 is 0 Å². The van der Waals surface area contributed by atoms with Gasteiger partial charge < -0.3 is 4.74 Å². The highest BCUT2D eigenvalue weighted by Crippen LogP contribution is 2.34. The summed E-state index contributed by atoms with van der Waals surface area (Å²) in [6.07, 6.45) is 2.59. The first-order valence-corrected chi connectivity index (χ1v) is 8.94. The zero-order chi connectivity index (χ0) is 20.8. The van der Waals surface area contributed by atoms with Crippen molar-refractivity contribution in [1.29, 1.82) is 0 Å². The van der Waals surface area contributed by atoms with Crippen molar-refractivity contribution in [3.8, 4) is 5.75 Å². The van der Waals surface area contributed by atoms with Gasteiger partial charge in [-0.15, -0.1) is 0 Å². The van der Waals surface area contributed by atoms with E-state index in [4.69, 9.17) is 27.9 Å². The summed E-state index contributed by atoms with van der Waals surface area (Å²) in [5.41, 5.74) is 3.90. The number of anilines is 1. The van der Waals surface area contributed by atoms with Crippen molar-refractivity contribution in [3.63, 3.8) is 0 Å². The van der Waals surface area contributed by atoms with E-state index in [0.29, 0.717) is 17.1 Å². The number of hydrazone groups is 1. The maximum absolute atomic E-state index is 13.0. The van der Waals surface area contributed by atoms with Crippen molar-refractivity contribution < 1.29 is 14.1 Å². The zero-order valence-electron chi connectivity index (χ0n) is 14.7. The molecule has 2 aromatic carbocycles. The molecule has 0 bridgehead atoms. The molecule has 7 nitrogen and oxygen atoms in total. The van der Waals surface area contributed by atoms with Crippen molar-refractivity contribution in [2.24, 2.45) is 5.10 Å². The maximum atomic E-state index is 13.0. The highest BCUT2D eigenvalue weighted by atomic mass is 35.5. The molecule has 1 heterocycles. The van der Waals surface area contributed by atoms with E-state index in [2.05, 4.69) is 15.5 Å². The van der Waals surface area contributed by atoms with Gasteiger partial charge in [-0.25, -0.2) is 9.37 Å². The molecule has 148 valence electrons. The molecule has 0 radical (unpaired) electrons. The molecule has 0 aliphatic carbocycles. The quantitative estimate of drug-likeness (QED) is 0.302.